The van der Waals surface area contributed by atoms with Gasteiger partial charge in [-0.2, -0.15) is 0 Å². The van der Waals surface area contributed by atoms with Crippen molar-refractivity contribution in [3.63, 3.8) is 0 Å². The third-order valence-electron chi connectivity index (χ3n) is 3.27. The summed E-state index contributed by atoms with van der Waals surface area (Å²) in [6.45, 7) is 13.6. The van der Waals surface area contributed by atoms with Crippen LogP contribution in [0.4, 0.5) is 0 Å². The van der Waals surface area contributed by atoms with Crippen molar-refractivity contribution >= 4 is 5.78 Å². The maximum atomic E-state index is 11.9. The van der Waals surface area contributed by atoms with Crippen molar-refractivity contribution < 1.29 is 9.90 Å². The first-order chi connectivity index (χ1) is 6.44. The van der Waals surface area contributed by atoms with E-state index in [9.17, 15) is 9.90 Å². The Bertz CT molecular complexity index is 230. The van der Waals surface area contributed by atoms with Crippen LogP contribution < -0.4 is 0 Å². The van der Waals surface area contributed by atoms with E-state index in [4.69, 9.17) is 0 Å². The second kappa shape index (κ2) is 4.25. The van der Waals surface area contributed by atoms with Gasteiger partial charge >= 0.3 is 0 Å². The van der Waals surface area contributed by atoms with Crippen LogP contribution in [0.1, 0.15) is 61.3 Å². The number of rotatable bonds is 3. The number of Topliss-reactive ketones (excluding diaryl/α,β-unsaturated/α-hetero) is 1. The molecule has 0 bridgehead atoms. The molecule has 15 heavy (non-hydrogen) atoms. The molecule has 0 aliphatic carbocycles. The quantitative estimate of drug-likeness (QED) is 0.783. The van der Waals surface area contributed by atoms with E-state index in [1.54, 1.807) is 0 Å². The van der Waals surface area contributed by atoms with E-state index in [0.29, 0.717) is 6.42 Å². The Morgan fingerprint density at radius 1 is 1.07 bits per heavy atom. The smallest absolute Gasteiger partial charge is 0.141 e. The van der Waals surface area contributed by atoms with Crippen LogP contribution in [0.5, 0.6) is 0 Å². The van der Waals surface area contributed by atoms with Crippen molar-refractivity contribution in [3.8, 4) is 0 Å². The van der Waals surface area contributed by atoms with E-state index < -0.39 is 5.60 Å². The first-order valence-corrected chi connectivity index (χ1v) is 5.70. The lowest BCUT2D eigenvalue weighted by Gasteiger charge is -2.40. The first-order valence-electron chi connectivity index (χ1n) is 5.70. The van der Waals surface area contributed by atoms with Crippen LogP contribution in [-0.2, 0) is 4.79 Å². The van der Waals surface area contributed by atoms with Crippen molar-refractivity contribution in [2.75, 3.05) is 0 Å². The summed E-state index contributed by atoms with van der Waals surface area (Å²) in [5.41, 5.74) is -1.52. The molecule has 0 radical (unpaired) electrons. The molecule has 0 aromatic heterocycles. The summed E-state index contributed by atoms with van der Waals surface area (Å²) in [5.74, 6) is 0.127. The molecule has 0 saturated carbocycles. The van der Waals surface area contributed by atoms with Gasteiger partial charge in [-0.25, -0.2) is 0 Å². The van der Waals surface area contributed by atoms with Gasteiger partial charge < -0.3 is 5.11 Å². The normalized spacial score (nSPS) is 17.3. The first kappa shape index (κ1) is 14.6. The predicted molar refractivity (Wildman–Crippen MR) is 63.8 cm³/mol. The Labute approximate surface area is 94.1 Å². The summed E-state index contributed by atoms with van der Waals surface area (Å²) in [7, 11) is 0. The molecule has 0 aromatic rings. The molecule has 0 aliphatic heterocycles. The molecule has 1 unspecified atom stereocenters. The largest absolute Gasteiger partial charge is 0.389 e. The van der Waals surface area contributed by atoms with Gasteiger partial charge in [0.1, 0.15) is 5.78 Å². The zero-order chi connectivity index (χ0) is 12.5. The van der Waals surface area contributed by atoms with Gasteiger partial charge in [-0.3, -0.25) is 4.79 Å². The van der Waals surface area contributed by atoms with Gasteiger partial charge in [-0.15, -0.1) is 0 Å². The van der Waals surface area contributed by atoms with Crippen molar-refractivity contribution in [2.45, 2.75) is 66.9 Å². The molecule has 0 saturated heterocycles. The summed E-state index contributed by atoms with van der Waals surface area (Å²) in [5, 5.41) is 10.5. The topological polar surface area (TPSA) is 37.3 Å². The second-order valence-corrected chi connectivity index (χ2v) is 6.49. The maximum absolute atomic E-state index is 11.9. The lowest BCUT2D eigenvalue weighted by Crippen LogP contribution is -2.45. The summed E-state index contributed by atoms with van der Waals surface area (Å²) >= 11 is 0. The van der Waals surface area contributed by atoms with Gasteiger partial charge in [0.05, 0.1) is 5.60 Å². The molecule has 90 valence electrons. The standard InChI is InChI=1S/C13H26O2/c1-8-13(15,12(5,6)7)9-10(14)11(2,3)4/h15H,8-9H2,1-7H3. The zero-order valence-corrected chi connectivity index (χ0v) is 11.3. The van der Waals surface area contributed by atoms with Crippen LogP contribution in [0, 0.1) is 10.8 Å². The van der Waals surface area contributed by atoms with Gasteiger partial charge in [0.15, 0.2) is 0 Å². The molecular weight excluding hydrogens is 188 g/mol. The zero-order valence-electron chi connectivity index (χ0n) is 11.3. The number of aliphatic hydroxyl groups is 1. The van der Waals surface area contributed by atoms with Crippen molar-refractivity contribution in [1.82, 2.24) is 0 Å². The molecule has 1 atom stereocenters. The summed E-state index contributed by atoms with van der Waals surface area (Å²) in [6, 6.07) is 0. The van der Waals surface area contributed by atoms with Crippen molar-refractivity contribution in [2.24, 2.45) is 10.8 Å². The van der Waals surface area contributed by atoms with Gasteiger partial charge in [0, 0.05) is 11.8 Å². The molecule has 1 N–H and O–H groups in total. The minimum Gasteiger partial charge on any atom is -0.389 e. The van der Waals surface area contributed by atoms with Crippen molar-refractivity contribution in [3.05, 3.63) is 0 Å². The van der Waals surface area contributed by atoms with Crippen LogP contribution >= 0.6 is 0 Å². The van der Waals surface area contributed by atoms with Crippen LogP contribution in [0.2, 0.25) is 0 Å². The highest BCUT2D eigenvalue weighted by molar-refractivity contribution is 5.84. The molecule has 0 amide bonds. The van der Waals surface area contributed by atoms with E-state index in [2.05, 4.69) is 0 Å². The highest BCUT2D eigenvalue weighted by Crippen LogP contribution is 2.38. The third-order valence-corrected chi connectivity index (χ3v) is 3.27. The monoisotopic (exact) mass is 214 g/mol. The number of carbonyl (C=O) groups is 1. The summed E-state index contributed by atoms with van der Waals surface area (Å²) in [6.07, 6.45) is 0.856. The van der Waals surface area contributed by atoms with Crippen LogP contribution in [0.25, 0.3) is 0 Å². The number of hydrogen-bond donors (Lipinski definition) is 1. The van der Waals surface area contributed by atoms with E-state index in [-0.39, 0.29) is 23.0 Å². The fourth-order valence-corrected chi connectivity index (χ4v) is 1.45. The van der Waals surface area contributed by atoms with E-state index in [1.165, 1.54) is 0 Å². The molecule has 0 fully saturated rings. The van der Waals surface area contributed by atoms with Gasteiger partial charge in [0.25, 0.3) is 0 Å². The lowest BCUT2D eigenvalue weighted by atomic mass is 9.69. The molecular formula is C13H26O2. The Morgan fingerprint density at radius 3 is 1.67 bits per heavy atom. The van der Waals surface area contributed by atoms with Gasteiger partial charge in [0.2, 0.25) is 0 Å². The molecule has 0 heterocycles. The summed E-state index contributed by atoms with van der Waals surface area (Å²) in [4.78, 5) is 11.9. The van der Waals surface area contributed by atoms with E-state index in [1.807, 2.05) is 48.5 Å². The fraction of sp³-hybridized carbons (Fsp3) is 0.923. The molecule has 2 heteroatoms. The van der Waals surface area contributed by atoms with Crippen molar-refractivity contribution in [1.29, 1.82) is 0 Å². The Kier molecular flexibility index (Phi) is 4.14. The maximum Gasteiger partial charge on any atom is 0.141 e. The van der Waals surface area contributed by atoms with Crippen LogP contribution in [0.15, 0.2) is 0 Å². The SMILES string of the molecule is CCC(O)(CC(=O)C(C)(C)C)C(C)(C)C. The van der Waals surface area contributed by atoms with Crippen LogP contribution in [-0.4, -0.2) is 16.5 Å². The van der Waals surface area contributed by atoms with E-state index in [0.717, 1.165) is 0 Å². The highest BCUT2D eigenvalue weighted by atomic mass is 16.3. The molecule has 0 spiro atoms. The van der Waals surface area contributed by atoms with Gasteiger partial charge in [-0.1, -0.05) is 48.5 Å². The lowest BCUT2D eigenvalue weighted by molar-refractivity contribution is -0.138. The Hall–Kier alpha value is -0.370. The van der Waals surface area contributed by atoms with Gasteiger partial charge in [-0.05, 0) is 11.8 Å². The number of hydrogen-bond acceptors (Lipinski definition) is 2. The molecule has 2 nitrogen and oxygen atoms in total. The van der Waals surface area contributed by atoms with Crippen LogP contribution in [0.3, 0.4) is 0 Å². The average Bonchev–Trinajstić information content (AvgIpc) is 2.00. The Balaban J connectivity index is 4.83. The Morgan fingerprint density at radius 2 is 1.47 bits per heavy atom. The number of carbonyl (C=O) groups excluding carboxylic acids is 1. The third kappa shape index (κ3) is 3.60. The minimum atomic E-state index is -0.892. The molecule has 0 aliphatic rings. The fourth-order valence-electron chi connectivity index (χ4n) is 1.45. The highest BCUT2D eigenvalue weighted by Gasteiger charge is 2.41. The molecule has 0 rings (SSSR count). The molecule has 0 aromatic carbocycles. The second-order valence-electron chi connectivity index (χ2n) is 6.49. The average molecular weight is 214 g/mol. The number of ketones is 1. The van der Waals surface area contributed by atoms with E-state index >= 15 is 0 Å². The minimum absolute atomic E-state index is 0.127. The summed E-state index contributed by atoms with van der Waals surface area (Å²) < 4.78 is 0. The predicted octanol–water partition coefficient (Wildman–Crippen LogP) is 3.18.